The van der Waals surface area contributed by atoms with Gasteiger partial charge in [0.15, 0.2) is 0 Å². The molecule has 2 N–H and O–H groups in total. The molecule has 1 heterocycles. The molecule has 17 heavy (non-hydrogen) atoms. The van der Waals surface area contributed by atoms with E-state index >= 15 is 0 Å². The molecule has 1 amide bonds. The topological polar surface area (TPSA) is 66.4 Å². The van der Waals surface area contributed by atoms with Crippen LogP contribution in [0.1, 0.15) is 32.6 Å². The van der Waals surface area contributed by atoms with Gasteiger partial charge in [0.25, 0.3) is 0 Å². The summed E-state index contributed by atoms with van der Waals surface area (Å²) in [6, 6.07) is -1.09. The summed E-state index contributed by atoms with van der Waals surface area (Å²) in [4.78, 5) is 22.0. The van der Waals surface area contributed by atoms with Crippen molar-refractivity contribution >= 4 is 11.9 Å². The number of aliphatic carboxylic acids is 1. The highest BCUT2D eigenvalue weighted by Crippen LogP contribution is 2.38. The van der Waals surface area contributed by atoms with Gasteiger partial charge in [0.1, 0.15) is 6.04 Å². The maximum atomic E-state index is 12.0. The van der Waals surface area contributed by atoms with Crippen molar-refractivity contribution in [2.45, 2.75) is 44.8 Å². The van der Waals surface area contributed by atoms with Crippen molar-refractivity contribution in [3.05, 3.63) is 0 Å². The van der Waals surface area contributed by atoms with Gasteiger partial charge in [-0.1, -0.05) is 6.92 Å². The van der Waals surface area contributed by atoms with Crippen LogP contribution in [0.3, 0.4) is 0 Å². The van der Waals surface area contributed by atoms with Crippen LogP contribution in [0.5, 0.6) is 0 Å². The van der Waals surface area contributed by atoms with E-state index in [1.165, 1.54) is 6.92 Å². The molecule has 0 spiro atoms. The van der Waals surface area contributed by atoms with Crippen molar-refractivity contribution in [3.8, 4) is 0 Å². The maximum absolute atomic E-state index is 12.0. The Kier molecular flexibility index (Phi) is 3.68. The van der Waals surface area contributed by atoms with E-state index in [9.17, 15) is 22.8 Å². The number of carboxylic acid groups (broad SMARTS) is 1. The molecule has 1 saturated heterocycles. The number of halogens is 3. The minimum Gasteiger partial charge on any atom is -0.480 e. The number of carboxylic acids is 1. The standard InChI is InChI=1S/C10H14F3NO3/c1-9(3-2-4-10(11,12)13)5-6(15)14-7(9)8(16)17/h7H,2-5H2,1H3,(H,14,15)(H,16,17). The van der Waals surface area contributed by atoms with E-state index in [-0.39, 0.29) is 19.3 Å². The minimum atomic E-state index is -4.24. The predicted octanol–water partition coefficient (Wildman–Crippen LogP) is 1.70. The summed E-state index contributed by atoms with van der Waals surface area (Å²) in [5.74, 6) is -1.63. The van der Waals surface area contributed by atoms with Crippen molar-refractivity contribution in [1.82, 2.24) is 5.32 Å². The van der Waals surface area contributed by atoms with Gasteiger partial charge in [-0.15, -0.1) is 0 Å². The second kappa shape index (κ2) is 4.54. The summed E-state index contributed by atoms with van der Waals surface area (Å²) in [6.45, 7) is 1.53. The zero-order chi connectivity index (χ0) is 13.3. The fourth-order valence-corrected chi connectivity index (χ4v) is 2.14. The van der Waals surface area contributed by atoms with Gasteiger partial charge < -0.3 is 10.4 Å². The summed E-state index contributed by atoms with van der Waals surface area (Å²) < 4.78 is 36.0. The number of carbonyl (C=O) groups excluding carboxylic acids is 1. The Hall–Kier alpha value is -1.27. The van der Waals surface area contributed by atoms with E-state index in [2.05, 4.69) is 5.32 Å². The number of rotatable bonds is 4. The third-order valence-corrected chi connectivity index (χ3v) is 3.02. The van der Waals surface area contributed by atoms with Crippen molar-refractivity contribution in [2.24, 2.45) is 5.41 Å². The summed E-state index contributed by atoms with van der Waals surface area (Å²) in [5, 5.41) is 11.2. The van der Waals surface area contributed by atoms with Crippen LogP contribution in [-0.2, 0) is 9.59 Å². The van der Waals surface area contributed by atoms with E-state index in [0.717, 1.165) is 0 Å². The highest BCUT2D eigenvalue weighted by molar-refractivity contribution is 5.89. The van der Waals surface area contributed by atoms with Crippen LogP contribution in [0.2, 0.25) is 0 Å². The number of carbonyl (C=O) groups is 2. The van der Waals surface area contributed by atoms with Crippen LogP contribution in [0.15, 0.2) is 0 Å². The van der Waals surface area contributed by atoms with Gasteiger partial charge in [0.05, 0.1) is 0 Å². The molecule has 0 aromatic carbocycles. The Morgan fingerprint density at radius 2 is 2.18 bits per heavy atom. The first kappa shape index (κ1) is 13.8. The molecule has 1 fully saturated rings. The van der Waals surface area contributed by atoms with E-state index in [4.69, 9.17) is 5.11 Å². The first-order chi connectivity index (χ1) is 7.64. The Morgan fingerprint density at radius 3 is 2.65 bits per heavy atom. The van der Waals surface area contributed by atoms with Crippen molar-refractivity contribution < 1.29 is 27.9 Å². The normalized spacial score (nSPS) is 29.2. The number of hydrogen-bond acceptors (Lipinski definition) is 2. The van der Waals surface area contributed by atoms with Gasteiger partial charge in [0.2, 0.25) is 5.91 Å². The van der Waals surface area contributed by atoms with Gasteiger partial charge in [0, 0.05) is 18.3 Å². The first-order valence-electron chi connectivity index (χ1n) is 5.23. The molecule has 2 atom stereocenters. The molecule has 2 unspecified atom stereocenters. The van der Waals surface area contributed by atoms with E-state index in [1.807, 2.05) is 0 Å². The average Bonchev–Trinajstić information content (AvgIpc) is 2.39. The Labute approximate surface area is 96.2 Å². The summed E-state index contributed by atoms with van der Waals surface area (Å²) in [5.41, 5.74) is -0.936. The summed E-state index contributed by atoms with van der Waals surface area (Å²) >= 11 is 0. The Balaban J connectivity index is 2.60. The maximum Gasteiger partial charge on any atom is 0.389 e. The monoisotopic (exact) mass is 253 g/mol. The molecular weight excluding hydrogens is 239 g/mol. The highest BCUT2D eigenvalue weighted by Gasteiger charge is 2.47. The zero-order valence-corrected chi connectivity index (χ0v) is 9.30. The first-order valence-corrected chi connectivity index (χ1v) is 5.23. The van der Waals surface area contributed by atoms with E-state index in [1.54, 1.807) is 0 Å². The van der Waals surface area contributed by atoms with Crippen molar-refractivity contribution in [3.63, 3.8) is 0 Å². The fourth-order valence-electron chi connectivity index (χ4n) is 2.14. The molecule has 7 heteroatoms. The summed E-state index contributed by atoms with van der Waals surface area (Å²) in [6.07, 6.45) is -5.35. The smallest absolute Gasteiger partial charge is 0.389 e. The van der Waals surface area contributed by atoms with Gasteiger partial charge >= 0.3 is 12.1 Å². The van der Waals surface area contributed by atoms with E-state index < -0.39 is 35.9 Å². The van der Waals surface area contributed by atoms with Crippen LogP contribution in [-0.4, -0.2) is 29.2 Å². The molecular formula is C10H14F3NO3. The molecule has 0 saturated carbocycles. The molecule has 0 radical (unpaired) electrons. The SMILES string of the molecule is CC1(CCCC(F)(F)F)CC(=O)NC1C(=O)O. The fraction of sp³-hybridized carbons (Fsp3) is 0.800. The highest BCUT2D eigenvalue weighted by atomic mass is 19.4. The minimum absolute atomic E-state index is 0.0399. The lowest BCUT2D eigenvalue weighted by Crippen LogP contribution is -2.42. The lowest BCUT2D eigenvalue weighted by atomic mass is 9.78. The van der Waals surface area contributed by atoms with Crippen LogP contribution in [0.4, 0.5) is 13.2 Å². The van der Waals surface area contributed by atoms with Crippen molar-refractivity contribution in [2.75, 3.05) is 0 Å². The molecule has 1 aliphatic rings. The Bertz CT molecular complexity index is 329. The second-order valence-electron chi connectivity index (χ2n) is 4.64. The Morgan fingerprint density at radius 1 is 1.59 bits per heavy atom. The molecule has 0 bridgehead atoms. The molecule has 0 aromatic rings. The summed E-state index contributed by atoms with van der Waals surface area (Å²) in [7, 11) is 0. The molecule has 1 rings (SSSR count). The number of hydrogen-bond donors (Lipinski definition) is 2. The molecule has 1 aliphatic heterocycles. The zero-order valence-electron chi connectivity index (χ0n) is 9.30. The number of amides is 1. The third kappa shape index (κ3) is 3.61. The molecule has 4 nitrogen and oxygen atoms in total. The molecule has 0 aromatic heterocycles. The van der Waals surface area contributed by atoms with Crippen molar-refractivity contribution in [1.29, 1.82) is 0 Å². The van der Waals surface area contributed by atoms with Gasteiger partial charge in [-0.05, 0) is 12.8 Å². The number of alkyl halides is 3. The second-order valence-corrected chi connectivity index (χ2v) is 4.64. The number of nitrogens with one attached hydrogen (secondary N) is 1. The molecule has 98 valence electrons. The lowest BCUT2D eigenvalue weighted by molar-refractivity contribution is -0.143. The van der Waals surface area contributed by atoms with Gasteiger partial charge in [-0.25, -0.2) is 4.79 Å². The van der Waals surface area contributed by atoms with E-state index in [0.29, 0.717) is 0 Å². The van der Waals surface area contributed by atoms with Crippen LogP contribution >= 0.6 is 0 Å². The lowest BCUT2D eigenvalue weighted by Gasteiger charge is -2.27. The van der Waals surface area contributed by atoms with Crippen LogP contribution < -0.4 is 5.32 Å². The van der Waals surface area contributed by atoms with Gasteiger partial charge in [-0.3, -0.25) is 4.79 Å². The van der Waals surface area contributed by atoms with Crippen LogP contribution in [0, 0.1) is 5.41 Å². The average molecular weight is 253 g/mol. The largest absolute Gasteiger partial charge is 0.480 e. The predicted molar refractivity (Wildman–Crippen MR) is 52.2 cm³/mol. The molecule has 0 aliphatic carbocycles. The quantitative estimate of drug-likeness (QED) is 0.801. The van der Waals surface area contributed by atoms with Crippen LogP contribution in [0.25, 0.3) is 0 Å². The van der Waals surface area contributed by atoms with Gasteiger partial charge in [-0.2, -0.15) is 13.2 Å². The third-order valence-electron chi connectivity index (χ3n) is 3.02.